The van der Waals surface area contributed by atoms with Gasteiger partial charge >= 0.3 is 0 Å². The summed E-state index contributed by atoms with van der Waals surface area (Å²) < 4.78 is 17.7. The summed E-state index contributed by atoms with van der Waals surface area (Å²) in [5, 5.41) is 3.75. The van der Waals surface area contributed by atoms with Gasteiger partial charge in [-0.3, -0.25) is 9.36 Å². The summed E-state index contributed by atoms with van der Waals surface area (Å²) in [6.45, 7) is 0. The van der Waals surface area contributed by atoms with E-state index in [4.69, 9.17) is 25.8 Å². The van der Waals surface area contributed by atoms with Crippen molar-refractivity contribution >= 4 is 23.1 Å². The van der Waals surface area contributed by atoms with Crippen LogP contribution in [0.2, 0.25) is 5.02 Å². The van der Waals surface area contributed by atoms with E-state index in [2.05, 4.69) is 5.32 Å². The van der Waals surface area contributed by atoms with Gasteiger partial charge in [0.15, 0.2) is 11.5 Å². The van der Waals surface area contributed by atoms with Crippen molar-refractivity contribution in [1.29, 1.82) is 0 Å². The molecule has 0 aliphatic rings. The van der Waals surface area contributed by atoms with E-state index in [1.54, 1.807) is 30.3 Å². The third-order valence-corrected chi connectivity index (χ3v) is 4.33. The lowest BCUT2D eigenvalue weighted by atomic mass is 10.2. The number of hydrogen-bond acceptors (Lipinski definition) is 5. The smallest absolute Gasteiger partial charge is 0.256 e. The molecule has 2 aromatic carbocycles. The second-order valence-electron chi connectivity index (χ2n) is 5.57. The number of ether oxygens (including phenoxy) is 3. The van der Waals surface area contributed by atoms with Gasteiger partial charge in [-0.05, 0) is 18.2 Å². The Kier molecular flexibility index (Phi) is 5.57. The molecule has 3 rings (SSSR count). The van der Waals surface area contributed by atoms with Crippen molar-refractivity contribution in [2.75, 3.05) is 26.6 Å². The maximum atomic E-state index is 12.6. The first-order chi connectivity index (χ1) is 13.1. The molecule has 3 aromatic rings. The Morgan fingerprint density at radius 1 is 0.889 bits per heavy atom. The zero-order chi connectivity index (χ0) is 19.4. The molecule has 6 nitrogen and oxygen atoms in total. The van der Waals surface area contributed by atoms with Gasteiger partial charge in [-0.1, -0.05) is 29.8 Å². The van der Waals surface area contributed by atoms with E-state index in [9.17, 15) is 4.79 Å². The Labute approximate surface area is 161 Å². The number of nitrogens with one attached hydrogen (secondary N) is 1. The van der Waals surface area contributed by atoms with Gasteiger partial charge in [0, 0.05) is 18.2 Å². The van der Waals surface area contributed by atoms with Gasteiger partial charge in [0.25, 0.3) is 5.56 Å². The average Bonchev–Trinajstić information content (AvgIpc) is 2.68. The van der Waals surface area contributed by atoms with Crippen molar-refractivity contribution in [3.63, 3.8) is 0 Å². The van der Waals surface area contributed by atoms with Crippen molar-refractivity contribution in [2.24, 2.45) is 0 Å². The van der Waals surface area contributed by atoms with E-state index in [0.29, 0.717) is 39.5 Å². The molecule has 0 saturated carbocycles. The number of anilines is 2. The molecule has 0 atom stereocenters. The van der Waals surface area contributed by atoms with Gasteiger partial charge < -0.3 is 19.5 Å². The topological polar surface area (TPSA) is 61.7 Å². The number of para-hydroxylation sites is 1. The third-order valence-electron chi connectivity index (χ3n) is 4.00. The van der Waals surface area contributed by atoms with Gasteiger partial charge in [-0.15, -0.1) is 0 Å². The summed E-state index contributed by atoms with van der Waals surface area (Å²) in [7, 11) is 4.58. The Morgan fingerprint density at radius 3 is 2.15 bits per heavy atom. The predicted molar refractivity (Wildman–Crippen MR) is 106 cm³/mol. The summed E-state index contributed by atoms with van der Waals surface area (Å²) >= 11 is 6.24. The highest BCUT2D eigenvalue weighted by Gasteiger charge is 2.16. The highest BCUT2D eigenvalue weighted by atomic mass is 35.5. The number of halogens is 1. The van der Waals surface area contributed by atoms with Crippen molar-refractivity contribution < 1.29 is 14.2 Å². The Morgan fingerprint density at radius 2 is 1.56 bits per heavy atom. The van der Waals surface area contributed by atoms with Crippen LogP contribution in [0.4, 0.5) is 11.5 Å². The molecule has 1 heterocycles. The van der Waals surface area contributed by atoms with Crippen LogP contribution in [-0.4, -0.2) is 25.9 Å². The van der Waals surface area contributed by atoms with E-state index in [1.807, 2.05) is 18.2 Å². The molecule has 0 fully saturated rings. The van der Waals surface area contributed by atoms with Crippen LogP contribution in [0, 0.1) is 0 Å². The normalized spacial score (nSPS) is 10.4. The van der Waals surface area contributed by atoms with Crippen LogP contribution in [0.1, 0.15) is 0 Å². The standard InChI is InChI=1S/C20H19ClN2O4/c1-25-16-11-13(12-17(26-2)20(16)27-3)23-18(9-6-10-19(23)24)22-15-8-5-4-7-14(15)21/h4-12,22H,1-3H3. The number of aromatic nitrogens is 1. The molecular weight excluding hydrogens is 368 g/mol. The monoisotopic (exact) mass is 386 g/mol. The van der Waals surface area contributed by atoms with Crippen LogP contribution in [-0.2, 0) is 0 Å². The van der Waals surface area contributed by atoms with Gasteiger partial charge in [-0.25, -0.2) is 0 Å². The van der Waals surface area contributed by atoms with Crippen molar-refractivity contribution in [2.45, 2.75) is 0 Å². The minimum absolute atomic E-state index is 0.221. The molecule has 7 heteroatoms. The number of rotatable bonds is 6. The van der Waals surface area contributed by atoms with Crippen LogP contribution < -0.4 is 25.1 Å². The van der Waals surface area contributed by atoms with Crippen molar-refractivity contribution in [3.8, 4) is 22.9 Å². The van der Waals surface area contributed by atoms with Gasteiger partial charge in [0.1, 0.15) is 5.82 Å². The molecule has 0 unspecified atom stereocenters. The minimum Gasteiger partial charge on any atom is -0.493 e. The highest BCUT2D eigenvalue weighted by molar-refractivity contribution is 6.33. The number of hydrogen-bond donors (Lipinski definition) is 1. The maximum absolute atomic E-state index is 12.6. The molecular formula is C20H19ClN2O4. The Hall–Kier alpha value is -3.12. The highest BCUT2D eigenvalue weighted by Crippen LogP contribution is 2.39. The number of nitrogens with zero attached hydrogens (tertiary/aromatic N) is 1. The average molecular weight is 387 g/mol. The summed E-state index contributed by atoms with van der Waals surface area (Å²) in [6, 6.07) is 15.7. The summed E-state index contributed by atoms with van der Waals surface area (Å²) in [6.07, 6.45) is 0. The quantitative estimate of drug-likeness (QED) is 0.685. The third kappa shape index (κ3) is 3.71. The lowest BCUT2D eigenvalue weighted by Crippen LogP contribution is -2.20. The lowest BCUT2D eigenvalue weighted by Gasteiger charge is -2.18. The maximum Gasteiger partial charge on any atom is 0.256 e. The van der Waals surface area contributed by atoms with E-state index < -0.39 is 0 Å². The lowest BCUT2D eigenvalue weighted by molar-refractivity contribution is 0.324. The minimum atomic E-state index is -0.221. The fourth-order valence-corrected chi connectivity index (χ4v) is 2.93. The zero-order valence-electron chi connectivity index (χ0n) is 15.2. The van der Waals surface area contributed by atoms with Crippen molar-refractivity contribution in [3.05, 3.63) is 70.0 Å². The molecule has 140 valence electrons. The second kappa shape index (κ2) is 8.05. The fraction of sp³-hybridized carbons (Fsp3) is 0.150. The van der Waals surface area contributed by atoms with Gasteiger partial charge in [-0.2, -0.15) is 0 Å². The Balaban J connectivity index is 2.18. The van der Waals surface area contributed by atoms with Crippen LogP contribution in [0.3, 0.4) is 0 Å². The predicted octanol–water partition coefficient (Wildman–Crippen LogP) is 4.26. The SMILES string of the molecule is COc1cc(-n2c(Nc3ccccc3Cl)cccc2=O)cc(OC)c1OC. The van der Waals surface area contributed by atoms with E-state index >= 15 is 0 Å². The molecule has 0 spiro atoms. The number of benzene rings is 2. The molecule has 0 radical (unpaired) electrons. The largest absolute Gasteiger partial charge is 0.493 e. The van der Waals surface area contributed by atoms with E-state index in [1.165, 1.54) is 32.0 Å². The van der Waals surface area contributed by atoms with Crippen LogP contribution in [0.15, 0.2) is 59.4 Å². The molecule has 0 amide bonds. The van der Waals surface area contributed by atoms with E-state index in [0.717, 1.165) is 0 Å². The molecule has 0 bridgehead atoms. The first kappa shape index (κ1) is 18.7. The van der Waals surface area contributed by atoms with E-state index in [-0.39, 0.29) is 5.56 Å². The molecule has 1 N–H and O–H groups in total. The van der Waals surface area contributed by atoms with Crippen LogP contribution in [0.5, 0.6) is 17.2 Å². The number of pyridine rings is 1. The molecule has 0 aliphatic heterocycles. The van der Waals surface area contributed by atoms with Crippen molar-refractivity contribution in [1.82, 2.24) is 4.57 Å². The second-order valence-corrected chi connectivity index (χ2v) is 5.98. The summed E-state index contributed by atoms with van der Waals surface area (Å²) in [4.78, 5) is 12.6. The summed E-state index contributed by atoms with van der Waals surface area (Å²) in [5.41, 5.74) is 1.02. The molecule has 27 heavy (non-hydrogen) atoms. The molecule has 1 aromatic heterocycles. The van der Waals surface area contributed by atoms with Crippen LogP contribution in [0.25, 0.3) is 5.69 Å². The Bertz CT molecular complexity index is 992. The zero-order valence-corrected chi connectivity index (χ0v) is 15.9. The van der Waals surface area contributed by atoms with Gasteiger partial charge in [0.2, 0.25) is 5.75 Å². The van der Waals surface area contributed by atoms with Crippen LogP contribution >= 0.6 is 11.6 Å². The molecule has 0 aliphatic carbocycles. The van der Waals surface area contributed by atoms with Gasteiger partial charge in [0.05, 0.1) is 37.7 Å². The first-order valence-corrected chi connectivity index (χ1v) is 8.51. The fourth-order valence-electron chi connectivity index (χ4n) is 2.75. The number of methoxy groups -OCH3 is 3. The molecule has 0 saturated heterocycles. The summed E-state index contributed by atoms with van der Waals surface area (Å²) in [5.74, 6) is 1.90. The first-order valence-electron chi connectivity index (χ1n) is 8.13.